The van der Waals surface area contributed by atoms with E-state index in [2.05, 4.69) is 48.5 Å². The lowest BCUT2D eigenvalue weighted by atomic mass is 9.88. The number of carbonyl (C=O) groups is 4. The number of benzene rings is 6. The van der Waals surface area contributed by atoms with E-state index in [1.54, 1.807) is 48.5 Å². The molecule has 0 saturated carbocycles. The molecule has 0 spiro atoms. The lowest BCUT2D eigenvalue weighted by molar-refractivity contribution is 0.0681. The number of aromatic carboxylic acids is 4. The number of hydrogen-bond donors (Lipinski definition) is 4. The minimum absolute atomic E-state index is 0.00713. The van der Waals surface area contributed by atoms with E-state index in [1.165, 1.54) is 52.6 Å². The summed E-state index contributed by atoms with van der Waals surface area (Å²) in [6.45, 7) is 0. The third-order valence-corrected chi connectivity index (χ3v) is 7.88. The van der Waals surface area contributed by atoms with Crippen LogP contribution in [0.2, 0.25) is 0 Å². The quantitative estimate of drug-likeness (QED) is 0.140. The summed E-state index contributed by atoms with van der Waals surface area (Å²) in [7, 11) is 0. The van der Waals surface area contributed by atoms with Crippen molar-refractivity contribution in [1.82, 2.24) is 0 Å². The molecule has 0 radical (unpaired) electrons. The van der Waals surface area contributed by atoms with E-state index >= 15 is 0 Å². The Bertz CT molecular complexity index is 2060. The van der Waals surface area contributed by atoms with Crippen molar-refractivity contribution in [1.29, 1.82) is 0 Å². The maximum Gasteiger partial charge on any atom is 0.336 e. The molecule has 6 aromatic carbocycles. The fraction of sp³-hybridized carbons (Fsp3) is 0.0244. The zero-order chi connectivity index (χ0) is 34.9. The minimum atomic E-state index is -1.16. The third kappa shape index (κ3) is 7.78. The molecule has 0 heterocycles. The molecule has 1 aliphatic carbocycles. The van der Waals surface area contributed by atoms with Gasteiger partial charge in [-0.05, 0) is 75.7 Å². The Morgan fingerprint density at radius 1 is 0.388 bits per heavy atom. The first-order valence-corrected chi connectivity index (χ1v) is 15.1. The minimum Gasteiger partial charge on any atom is -0.478 e. The normalized spacial score (nSPS) is 10.6. The van der Waals surface area contributed by atoms with Gasteiger partial charge in [0.2, 0.25) is 0 Å². The van der Waals surface area contributed by atoms with E-state index in [-0.39, 0.29) is 27.8 Å². The van der Waals surface area contributed by atoms with Gasteiger partial charge in [-0.2, -0.15) is 0 Å². The van der Waals surface area contributed by atoms with Crippen molar-refractivity contribution in [2.45, 2.75) is 6.42 Å². The van der Waals surface area contributed by atoms with Crippen LogP contribution in [0.3, 0.4) is 0 Å². The van der Waals surface area contributed by atoms with Gasteiger partial charge in [0.15, 0.2) is 0 Å². The highest BCUT2D eigenvalue weighted by Gasteiger charge is 2.24. The van der Waals surface area contributed by atoms with Crippen LogP contribution in [0.15, 0.2) is 146 Å². The monoisotopic (exact) mass is 650 g/mol. The van der Waals surface area contributed by atoms with E-state index in [0.717, 1.165) is 12.0 Å². The van der Waals surface area contributed by atoms with Gasteiger partial charge in [0, 0.05) is 5.56 Å². The Kier molecular flexibility index (Phi) is 10.4. The Morgan fingerprint density at radius 3 is 1.24 bits per heavy atom. The highest BCUT2D eigenvalue weighted by Crippen LogP contribution is 2.36. The van der Waals surface area contributed by atoms with Crippen LogP contribution < -0.4 is 0 Å². The lowest BCUT2D eigenvalue weighted by Gasteiger charge is -2.15. The molecule has 0 unspecified atom stereocenters. The van der Waals surface area contributed by atoms with Gasteiger partial charge in [0.25, 0.3) is 0 Å². The summed E-state index contributed by atoms with van der Waals surface area (Å²) in [5, 5.41) is 36.2. The summed E-state index contributed by atoms with van der Waals surface area (Å²) >= 11 is 0. The van der Waals surface area contributed by atoms with E-state index < -0.39 is 23.9 Å². The molecule has 8 heteroatoms. The number of carboxylic acid groups (broad SMARTS) is 4. The Morgan fingerprint density at radius 2 is 0.816 bits per heavy atom. The van der Waals surface area contributed by atoms with Crippen molar-refractivity contribution in [3.63, 3.8) is 0 Å². The van der Waals surface area contributed by atoms with Gasteiger partial charge in [0.05, 0.1) is 22.3 Å². The fourth-order valence-corrected chi connectivity index (χ4v) is 5.60. The molecule has 0 aliphatic heterocycles. The highest BCUT2D eigenvalue weighted by molar-refractivity contribution is 6.09. The van der Waals surface area contributed by atoms with E-state index in [0.29, 0.717) is 11.1 Å². The second-order valence-electron chi connectivity index (χ2n) is 10.9. The van der Waals surface area contributed by atoms with Crippen molar-refractivity contribution in [2.75, 3.05) is 0 Å². The molecular formula is C41H30O8. The van der Waals surface area contributed by atoms with Crippen LogP contribution in [0, 0.1) is 0 Å². The summed E-state index contributed by atoms with van der Waals surface area (Å²) in [6, 6.07) is 43.1. The van der Waals surface area contributed by atoms with Gasteiger partial charge in [-0.15, -0.1) is 0 Å². The molecule has 0 saturated heterocycles. The standard InChI is InChI=1S/C20H14O4.C13H10.C8H6O4/c21-19(22)16-12-11-15(13-7-3-1-4-8-13)18(20(23)24)17(16)14-9-5-2-6-10-14;1-3-7-12-10(5-1)9-11-6-2-4-8-13(11)12;9-7(10)5-1-2-6(4-3-5)8(11)12/h1-12H,(H,21,22)(H,23,24);1-8H,9H2;1-4H,(H,9,10)(H,11,12). The van der Waals surface area contributed by atoms with E-state index in [4.69, 9.17) is 10.2 Å². The number of hydrogen-bond acceptors (Lipinski definition) is 4. The van der Waals surface area contributed by atoms with Crippen LogP contribution in [0.5, 0.6) is 0 Å². The maximum atomic E-state index is 12.0. The molecule has 4 N–H and O–H groups in total. The average Bonchev–Trinajstić information content (AvgIpc) is 3.51. The summed E-state index contributed by atoms with van der Waals surface area (Å²) in [4.78, 5) is 44.3. The van der Waals surface area contributed by atoms with Gasteiger partial charge < -0.3 is 20.4 Å². The van der Waals surface area contributed by atoms with Crippen LogP contribution in [0.4, 0.5) is 0 Å². The van der Waals surface area contributed by atoms with Crippen molar-refractivity contribution >= 4 is 23.9 Å². The predicted octanol–water partition coefficient (Wildman–Crippen LogP) is 8.76. The molecule has 0 aromatic heterocycles. The number of fused-ring (bicyclic) bond motifs is 3. The second kappa shape index (κ2) is 15.2. The number of rotatable bonds is 6. The first-order chi connectivity index (χ1) is 23.7. The molecule has 7 rings (SSSR count). The van der Waals surface area contributed by atoms with Crippen LogP contribution in [0.25, 0.3) is 33.4 Å². The van der Waals surface area contributed by atoms with Crippen LogP contribution in [-0.2, 0) is 6.42 Å². The largest absolute Gasteiger partial charge is 0.478 e. The molecule has 242 valence electrons. The van der Waals surface area contributed by atoms with Gasteiger partial charge >= 0.3 is 23.9 Å². The number of carboxylic acids is 4. The van der Waals surface area contributed by atoms with Gasteiger partial charge in [-0.25, -0.2) is 19.2 Å². The first-order valence-electron chi connectivity index (χ1n) is 15.1. The molecule has 0 amide bonds. The summed E-state index contributed by atoms with van der Waals surface area (Å²) in [6.07, 6.45) is 1.10. The molecule has 0 bridgehead atoms. The summed E-state index contributed by atoms with van der Waals surface area (Å²) in [5.41, 5.74) is 7.88. The van der Waals surface area contributed by atoms with Crippen molar-refractivity contribution in [3.05, 3.63) is 179 Å². The second-order valence-corrected chi connectivity index (χ2v) is 10.9. The topological polar surface area (TPSA) is 149 Å². The van der Waals surface area contributed by atoms with E-state index in [1.807, 2.05) is 18.2 Å². The predicted molar refractivity (Wildman–Crippen MR) is 186 cm³/mol. The Hall–Kier alpha value is -6.80. The van der Waals surface area contributed by atoms with E-state index in [9.17, 15) is 29.4 Å². The van der Waals surface area contributed by atoms with Crippen molar-refractivity contribution in [3.8, 4) is 33.4 Å². The Labute approximate surface area is 281 Å². The van der Waals surface area contributed by atoms with Crippen LogP contribution >= 0.6 is 0 Å². The Balaban J connectivity index is 0.000000157. The molecular weight excluding hydrogens is 620 g/mol. The van der Waals surface area contributed by atoms with Crippen LogP contribution in [0.1, 0.15) is 52.6 Å². The summed E-state index contributed by atoms with van der Waals surface area (Å²) in [5.74, 6) is -4.44. The third-order valence-electron chi connectivity index (χ3n) is 7.88. The van der Waals surface area contributed by atoms with Gasteiger partial charge in [-0.1, -0.05) is 115 Å². The average molecular weight is 651 g/mol. The molecule has 6 aromatic rings. The van der Waals surface area contributed by atoms with Crippen molar-refractivity contribution in [2.24, 2.45) is 0 Å². The zero-order valence-corrected chi connectivity index (χ0v) is 26.0. The lowest BCUT2D eigenvalue weighted by Crippen LogP contribution is -2.09. The molecule has 8 nitrogen and oxygen atoms in total. The molecule has 0 fully saturated rings. The van der Waals surface area contributed by atoms with Gasteiger partial charge in [0.1, 0.15) is 0 Å². The molecule has 49 heavy (non-hydrogen) atoms. The molecule has 1 aliphatic rings. The fourth-order valence-electron chi connectivity index (χ4n) is 5.60. The summed E-state index contributed by atoms with van der Waals surface area (Å²) < 4.78 is 0. The van der Waals surface area contributed by atoms with Crippen molar-refractivity contribution < 1.29 is 39.6 Å². The maximum absolute atomic E-state index is 12.0. The highest BCUT2D eigenvalue weighted by atomic mass is 16.4. The smallest absolute Gasteiger partial charge is 0.336 e. The van der Waals surface area contributed by atoms with Crippen LogP contribution in [-0.4, -0.2) is 44.3 Å². The van der Waals surface area contributed by atoms with Gasteiger partial charge in [-0.3, -0.25) is 0 Å². The molecule has 0 atom stereocenters. The SMILES string of the molecule is O=C(O)c1ccc(-c2ccccc2)c(C(=O)O)c1-c1ccccc1.O=C(O)c1ccc(C(=O)O)cc1.c1ccc2c(c1)Cc1ccccc1-2. The zero-order valence-electron chi connectivity index (χ0n) is 26.0. The first kappa shape index (κ1) is 33.6.